The number of rotatable bonds is 1. The van der Waals surface area contributed by atoms with Crippen LogP contribution in [0, 0.1) is 0 Å². The van der Waals surface area contributed by atoms with Crippen molar-refractivity contribution in [1.82, 2.24) is 0 Å². The topological polar surface area (TPSA) is 26.0 Å². The fourth-order valence-electron chi connectivity index (χ4n) is 0.728. The normalized spacial score (nSPS) is 15.2. The standard InChI is InChI=1S/C6H4Cl.3ClH.Cr.H2N/c7-6-4-2-1-3-5-6;;;;;/h1-4H;3*1H;;1H2/q;;;;+4;-1/p-3. The molecule has 0 aliphatic carbocycles. The van der Waals surface area contributed by atoms with Gasteiger partial charge in [-0.25, -0.2) is 0 Å². The zero-order chi connectivity index (χ0) is 9.43. The van der Waals surface area contributed by atoms with Crippen LogP contribution >= 0.6 is 41.7 Å². The van der Waals surface area contributed by atoms with Crippen LogP contribution in [0.2, 0.25) is 5.02 Å². The molecule has 1 aromatic rings. The van der Waals surface area contributed by atoms with Gasteiger partial charge in [-0.3, -0.25) is 0 Å². The summed E-state index contributed by atoms with van der Waals surface area (Å²) in [7, 11) is 13.3. The summed E-state index contributed by atoms with van der Waals surface area (Å²) in [6.45, 7) is 0. The molecule has 1 nitrogen and oxygen atoms in total. The molecule has 0 bridgehead atoms. The van der Waals surface area contributed by atoms with Crippen LogP contribution in [0.25, 0.3) is 0 Å². The van der Waals surface area contributed by atoms with Gasteiger partial charge in [0.2, 0.25) is 0 Å². The van der Waals surface area contributed by atoms with Gasteiger partial charge in [-0.1, -0.05) is 0 Å². The Morgan fingerprint density at radius 1 is 1.08 bits per heavy atom. The molecule has 12 heavy (non-hydrogen) atoms. The van der Waals surface area contributed by atoms with Crippen molar-refractivity contribution in [3.8, 4) is 0 Å². The molecule has 6 heteroatoms. The van der Waals surface area contributed by atoms with E-state index in [-0.39, 0.29) is 0 Å². The van der Waals surface area contributed by atoms with E-state index in [1.54, 1.807) is 24.3 Å². The van der Waals surface area contributed by atoms with Gasteiger partial charge in [0.1, 0.15) is 0 Å². The molecule has 0 aliphatic rings. The zero-order valence-electron chi connectivity index (χ0n) is 5.81. The molecule has 0 spiro atoms. The zero-order valence-corrected chi connectivity index (χ0v) is 10.1. The van der Waals surface area contributed by atoms with Crippen LogP contribution in [0.1, 0.15) is 0 Å². The molecule has 0 fully saturated rings. The van der Waals surface area contributed by atoms with Gasteiger partial charge in [0.15, 0.2) is 0 Å². The number of hydrogen-bond acceptors (Lipinski definition) is 1. The number of halogens is 4. The van der Waals surface area contributed by atoms with E-state index < -0.39 is 9.46 Å². The van der Waals surface area contributed by atoms with Gasteiger partial charge in [-0.2, -0.15) is 0 Å². The molecule has 0 aliphatic heterocycles. The summed E-state index contributed by atoms with van der Waals surface area (Å²) in [6, 6.07) is 6.77. The molecular formula is C6H6Cl4CrN. The maximum atomic E-state index is 5.81. The fraction of sp³-hybridized carbons (Fsp3) is 0. The van der Waals surface area contributed by atoms with Crippen LogP contribution in [0.3, 0.4) is 0 Å². The molecule has 0 aromatic heterocycles. The van der Waals surface area contributed by atoms with E-state index in [0.717, 1.165) is 0 Å². The van der Waals surface area contributed by atoms with Gasteiger partial charge in [0.25, 0.3) is 0 Å². The first-order valence-electron chi connectivity index (χ1n) is 2.92. The molecule has 0 saturated carbocycles. The van der Waals surface area contributed by atoms with Crippen LogP contribution in [0.5, 0.6) is 0 Å². The predicted octanol–water partition coefficient (Wildman–Crippen LogP) is 2.99. The van der Waals surface area contributed by atoms with Crippen molar-refractivity contribution >= 4 is 46.2 Å². The quantitative estimate of drug-likeness (QED) is 0.843. The summed E-state index contributed by atoms with van der Waals surface area (Å²) >= 11 is 5.81. The molecule has 0 atom stereocenters. The van der Waals surface area contributed by atoms with E-state index in [0.29, 0.717) is 9.45 Å². The van der Waals surface area contributed by atoms with Crippen LogP contribution in [0.15, 0.2) is 24.3 Å². The third-order valence-electron chi connectivity index (χ3n) is 1.21. The summed E-state index contributed by atoms with van der Waals surface area (Å²) in [5, 5.41) is 0.403. The molecule has 1 aromatic carbocycles. The SMILES string of the molecule is [NH2][Cr]([Cl])([Cl])([Cl])[c]1ccccc1Cl. The maximum absolute atomic E-state index is 5.81. The van der Waals surface area contributed by atoms with E-state index in [1.807, 2.05) is 0 Å². The summed E-state index contributed by atoms with van der Waals surface area (Å²) in [6.07, 6.45) is 0. The minimum atomic E-state index is -4.14. The molecule has 69 valence electrons. The fourth-order valence-corrected chi connectivity index (χ4v) is 4.79. The Labute approximate surface area is 89.2 Å². The van der Waals surface area contributed by atoms with Gasteiger partial charge in [0.05, 0.1) is 0 Å². The van der Waals surface area contributed by atoms with E-state index in [4.69, 9.17) is 46.5 Å². The summed E-state index contributed by atoms with van der Waals surface area (Å²) in [4.78, 5) is 0. The minimum absolute atomic E-state index is 0.403. The van der Waals surface area contributed by atoms with Crippen molar-refractivity contribution in [1.29, 1.82) is 0 Å². The van der Waals surface area contributed by atoms with Crippen LogP contribution in [0.4, 0.5) is 0 Å². The first-order chi connectivity index (χ1) is 5.27. The second-order valence-electron chi connectivity index (χ2n) is 2.22. The average molecular weight is 286 g/mol. The van der Waals surface area contributed by atoms with Crippen molar-refractivity contribution in [3.05, 3.63) is 29.3 Å². The van der Waals surface area contributed by atoms with E-state index in [1.165, 1.54) is 0 Å². The van der Waals surface area contributed by atoms with Gasteiger partial charge in [-0.15, -0.1) is 0 Å². The third kappa shape index (κ3) is 2.68. The van der Waals surface area contributed by atoms with Crippen molar-refractivity contribution in [3.63, 3.8) is 0 Å². The second kappa shape index (κ2) is 3.22. The third-order valence-corrected chi connectivity index (χ3v) is 5.51. The molecule has 1 rings (SSSR count). The molecule has 0 radical (unpaired) electrons. The Bertz CT molecular complexity index is 297. The van der Waals surface area contributed by atoms with E-state index in [9.17, 15) is 0 Å². The Morgan fingerprint density at radius 2 is 1.58 bits per heavy atom. The van der Waals surface area contributed by atoms with Crippen molar-refractivity contribution in [2.45, 2.75) is 0 Å². The van der Waals surface area contributed by atoms with Crippen molar-refractivity contribution in [2.75, 3.05) is 0 Å². The van der Waals surface area contributed by atoms with Crippen molar-refractivity contribution < 1.29 is 9.46 Å². The molecule has 2 N–H and O–H groups in total. The molecule has 0 amide bonds. The molecule has 0 heterocycles. The van der Waals surface area contributed by atoms with Gasteiger partial charge in [0, 0.05) is 0 Å². The van der Waals surface area contributed by atoms with Gasteiger partial charge in [-0.05, 0) is 0 Å². The van der Waals surface area contributed by atoms with Crippen LogP contribution in [-0.4, -0.2) is 0 Å². The summed E-state index contributed by atoms with van der Waals surface area (Å²) in [5.74, 6) is 0. The molecular weight excluding hydrogens is 280 g/mol. The molecule has 0 saturated heterocycles. The summed E-state index contributed by atoms with van der Waals surface area (Å²) < 4.78 is 6.01. The van der Waals surface area contributed by atoms with E-state index in [2.05, 4.69) is 0 Å². The van der Waals surface area contributed by atoms with Gasteiger partial charge >= 0.3 is 89.6 Å². The number of benzene rings is 1. The first kappa shape index (κ1) is 11.0. The average Bonchev–Trinajstić information content (AvgIpc) is 1.84. The Balaban J connectivity index is 3.30. The Hall–Kier alpha value is 0.872. The Morgan fingerprint density at radius 3 is 1.92 bits per heavy atom. The van der Waals surface area contributed by atoms with Crippen LogP contribution in [-0.2, 0) is 9.46 Å². The monoisotopic (exact) mass is 284 g/mol. The van der Waals surface area contributed by atoms with Gasteiger partial charge < -0.3 is 0 Å². The Kier molecular flexibility index (Phi) is 2.94. The summed E-state index contributed by atoms with van der Waals surface area (Å²) in [5.41, 5.74) is 0. The number of nitrogens with two attached hydrogens (primary N) is 1. The van der Waals surface area contributed by atoms with E-state index >= 15 is 0 Å². The number of hydrogen-bond donors (Lipinski definition) is 1. The van der Waals surface area contributed by atoms with Crippen molar-refractivity contribution in [2.24, 2.45) is 4.72 Å². The second-order valence-corrected chi connectivity index (χ2v) is 15.7. The van der Waals surface area contributed by atoms with Crippen LogP contribution < -0.4 is 9.14 Å². The molecule has 0 unspecified atom stereocenters. The first-order valence-corrected chi connectivity index (χ1v) is 9.93. The predicted molar refractivity (Wildman–Crippen MR) is 52.8 cm³/mol.